The summed E-state index contributed by atoms with van der Waals surface area (Å²) in [5.74, 6) is 1.52. The molecule has 0 unspecified atom stereocenters. The maximum atomic E-state index is 5.73. The van der Waals surface area contributed by atoms with Gasteiger partial charge in [-0.25, -0.2) is 4.98 Å². The molecule has 3 aromatic rings. The molecule has 3 heterocycles. The highest BCUT2D eigenvalue weighted by Crippen LogP contribution is 2.35. The largest absolute Gasteiger partial charge is 0.495 e. The Morgan fingerprint density at radius 1 is 0.929 bits per heavy atom. The summed E-state index contributed by atoms with van der Waals surface area (Å²) in [5, 5.41) is 1.12. The normalized spacial score (nSPS) is 15.1. The number of benzene rings is 1. The monoisotopic (exact) mass is 378 g/mol. The topological polar surface area (TPSA) is 50.7 Å². The van der Waals surface area contributed by atoms with E-state index in [0.717, 1.165) is 65.4 Å². The molecule has 0 amide bonds. The van der Waals surface area contributed by atoms with Crippen LogP contribution >= 0.6 is 0 Å². The van der Waals surface area contributed by atoms with Crippen molar-refractivity contribution in [1.29, 1.82) is 0 Å². The third kappa shape index (κ3) is 3.47. The van der Waals surface area contributed by atoms with Gasteiger partial charge < -0.3 is 19.3 Å². The average Bonchev–Trinajstić information content (AvgIpc) is 2.73. The third-order valence-electron chi connectivity index (χ3n) is 5.40. The van der Waals surface area contributed by atoms with Gasteiger partial charge in [0.1, 0.15) is 17.0 Å². The second kappa shape index (κ2) is 7.64. The number of hydrogen-bond donors (Lipinski definition) is 0. The maximum absolute atomic E-state index is 5.73. The minimum Gasteiger partial charge on any atom is -0.495 e. The molecule has 28 heavy (non-hydrogen) atoms. The van der Waals surface area contributed by atoms with Crippen molar-refractivity contribution in [3.8, 4) is 22.8 Å². The molecule has 6 nitrogen and oxygen atoms in total. The number of nitrogens with zero attached hydrogens (tertiary/aromatic N) is 4. The van der Waals surface area contributed by atoms with Crippen LogP contribution in [0.2, 0.25) is 0 Å². The summed E-state index contributed by atoms with van der Waals surface area (Å²) in [4.78, 5) is 13.9. The zero-order chi connectivity index (χ0) is 19.7. The second-order valence-corrected chi connectivity index (χ2v) is 7.27. The second-order valence-electron chi connectivity index (χ2n) is 7.27. The molecule has 1 aliphatic heterocycles. The molecule has 6 heteroatoms. The van der Waals surface area contributed by atoms with Crippen LogP contribution in [0.4, 0.5) is 5.69 Å². The number of hydrogen-bond acceptors (Lipinski definition) is 6. The standard InChI is InChI=1S/C22H26N4O2/c1-15-9-20(16-10-18(27-3)14-23-13-16)24-22-19(15)11-17(12-21(22)28-4)26-7-5-25(2)6-8-26/h9-14H,5-8H2,1-4H3. The minimum atomic E-state index is 0.717. The molecule has 2 aromatic heterocycles. The number of aromatic nitrogens is 2. The van der Waals surface area contributed by atoms with Crippen molar-refractivity contribution in [2.75, 3.05) is 52.3 Å². The van der Waals surface area contributed by atoms with E-state index in [-0.39, 0.29) is 0 Å². The van der Waals surface area contributed by atoms with Gasteiger partial charge >= 0.3 is 0 Å². The molecule has 0 atom stereocenters. The van der Waals surface area contributed by atoms with Gasteiger partial charge in [0.2, 0.25) is 0 Å². The molecule has 0 aliphatic carbocycles. The van der Waals surface area contributed by atoms with Gasteiger partial charge in [0.05, 0.1) is 26.1 Å². The maximum Gasteiger partial charge on any atom is 0.147 e. The van der Waals surface area contributed by atoms with Gasteiger partial charge in [-0.3, -0.25) is 4.98 Å². The van der Waals surface area contributed by atoms with E-state index in [9.17, 15) is 0 Å². The first-order valence-electron chi connectivity index (χ1n) is 9.51. The Labute approximate surface area is 165 Å². The molecule has 146 valence electrons. The van der Waals surface area contributed by atoms with Crippen LogP contribution < -0.4 is 14.4 Å². The fourth-order valence-electron chi connectivity index (χ4n) is 3.67. The summed E-state index contributed by atoms with van der Waals surface area (Å²) in [6.45, 7) is 6.30. The SMILES string of the molecule is COc1cncc(-c2cc(C)c3cc(N4CCN(C)CC4)cc(OC)c3n2)c1. The molecule has 0 N–H and O–H groups in total. The molecule has 0 bridgehead atoms. The molecule has 1 aromatic carbocycles. The number of ether oxygens (including phenoxy) is 2. The van der Waals surface area contributed by atoms with Crippen LogP contribution in [0.1, 0.15) is 5.56 Å². The van der Waals surface area contributed by atoms with Crippen LogP contribution in [-0.2, 0) is 0 Å². The number of pyridine rings is 2. The number of anilines is 1. The van der Waals surface area contributed by atoms with Gasteiger partial charge in [-0.05, 0) is 37.7 Å². The van der Waals surface area contributed by atoms with Crippen molar-refractivity contribution < 1.29 is 9.47 Å². The van der Waals surface area contributed by atoms with E-state index in [1.165, 1.54) is 5.69 Å². The number of fused-ring (bicyclic) bond motifs is 1. The van der Waals surface area contributed by atoms with E-state index in [1.807, 2.05) is 6.07 Å². The van der Waals surface area contributed by atoms with Crippen molar-refractivity contribution in [3.63, 3.8) is 0 Å². The highest BCUT2D eigenvalue weighted by Gasteiger charge is 2.18. The lowest BCUT2D eigenvalue weighted by Crippen LogP contribution is -2.44. The number of likely N-dealkylation sites (N-methyl/N-ethyl adjacent to an activating group) is 1. The molecule has 1 saturated heterocycles. The van der Waals surface area contributed by atoms with E-state index in [0.29, 0.717) is 0 Å². The highest BCUT2D eigenvalue weighted by molar-refractivity contribution is 5.92. The molecular formula is C22H26N4O2. The van der Waals surface area contributed by atoms with Crippen molar-refractivity contribution in [3.05, 3.63) is 42.2 Å². The lowest BCUT2D eigenvalue weighted by molar-refractivity contribution is 0.312. The summed E-state index contributed by atoms with van der Waals surface area (Å²) in [6.07, 6.45) is 3.50. The van der Waals surface area contributed by atoms with Crippen LogP contribution in [0.25, 0.3) is 22.2 Å². The van der Waals surface area contributed by atoms with Crippen molar-refractivity contribution in [2.45, 2.75) is 6.92 Å². The Hall–Kier alpha value is -2.86. The van der Waals surface area contributed by atoms with Crippen molar-refractivity contribution in [2.24, 2.45) is 0 Å². The van der Waals surface area contributed by atoms with Gasteiger partial charge in [0.25, 0.3) is 0 Å². The molecule has 0 spiro atoms. The predicted octanol–water partition coefficient (Wildman–Crippen LogP) is 3.37. The Morgan fingerprint density at radius 2 is 1.71 bits per heavy atom. The Bertz CT molecular complexity index is 997. The van der Waals surface area contributed by atoms with E-state index >= 15 is 0 Å². The molecular weight excluding hydrogens is 352 g/mol. The van der Waals surface area contributed by atoms with E-state index in [4.69, 9.17) is 14.5 Å². The van der Waals surface area contributed by atoms with Crippen LogP contribution in [-0.4, -0.2) is 62.3 Å². The van der Waals surface area contributed by atoms with Crippen LogP contribution in [0.15, 0.2) is 36.7 Å². The lowest BCUT2D eigenvalue weighted by Gasteiger charge is -2.34. The Morgan fingerprint density at radius 3 is 2.43 bits per heavy atom. The molecule has 0 saturated carbocycles. The quantitative estimate of drug-likeness (QED) is 0.694. The summed E-state index contributed by atoms with van der Waals surface area (Å²) in [5.41, 5.74) is 5.02. The third-order valence-corrected chi connectivity index (χ3v) is 5.40. The molecule has 1 fully saturated rings. The number of rotatable bonds is 4. The highest BCUT2D eigenvalue weighted by atomic mass is 16.5. The summed E-state index contributed by atoms with van der Waals surface area (Å²) in [6, 6.07) is 8.39. The van der Waals surface area contributed by atoms with E-state index in [1.54, 1.807) is 26.6 Å². The zero-order valence-corrected chi connectivity index (χ0v) is 16.9. The molecule has 0 radical (unpaired) electrons. The first-order valence-corrected chi connectivity index (χ1v) is 9.51. The summed E-state index contributed by atoms with van der Waals surface area (Å²) < 4.78 is 11.0. The van der Waals surface area contributed by atoms with Crippen molar-refractivity contribution >= 4 is 16.6 Å². The first kappa shape index (κ1) is 18.5. The smallest absolute Gasteiger partial charge is 0.147 e. The Balaban J connectivity index is 1.80. The lowest BCUT2D eigenvalue weighted by atomic mass is 10.0. The van der Waals surface area contributed by atoms with Crippen LogP contribution in [0, 0.1) is 6.92 Å². The van der Waals surface area contributed by atoms with E-state index in [2.05, 4.69) is 47.0 Å². The van der Waals surface area contributed by atoms with Crippen molar-refractivity contribution in [1.82, 2.24) is 14.9 Å². The predicted molar refractivity (Wildman–Crippen MR) is 113 cm³/mol. The molecule has 1 aliphatic rings. The van der Waals surface area contributed by atoms with Crippen LogP contribution in [0.3, 0.4) is 0 Å². The zero-order valence-electron chi connectivity index (χ0n) is 16.9. The summed E-state index contributed by atoms with van der Waals surface area (Å²) >= 11 is 0. The van der Waals surface area contributed by atoms with Crippen LogP contribution in [0.5, 0.6) is 11.5 Å². The van der Waals surface area contributed by atoms with E-state index < -0.39 is 0 Å². The van der Waals surface area contributed by atoms with Gasteiger partial charge in [0.15, 0.2) is 0 Å². The first-order chi connectivity index (χ1) is 13.6. The number of piperazine rings is 1. The van der Waals surface area contributed by atoms with Gasteiger partial charge in [0, 0.05) is 55.1 Å². The Kier molecular flexibility index (Phi) is 5.05. The summed E-state index contributed by atoms with van der Waals surface area (Å²) in [7, 11) is 5.52. The number of methoxy groups -OCH3 is 2. The fraction of sp³-hybridized carbons (Fsp3) is 0.364. The average molecular weight is 378 g/mol. The van der Waals surface area contributed by atoms with Gasteiger partial charge in [-0.2, -0.15) is 0 Å². The van der Waals surface area contributed by atoms with Gasteiger partial charge in [-0.15, -0.1) is 0 Å². The minimum absolute atomic E-state index is 0.717. The fourth-order valence-corrected chi connectivity index (χ4v) is 3.67. The van der Waals surface area contributed by atoms with Gasteiger partial charge in [-0.1, -0.05) is 0 Å². The molecule has 4 rings (SSSR count). The number of aryl methyl sites for hydroxylation is 1.